The van der Waals surface area contributed by atoms with Crippen molar-refractivity contribution < 1.29 is 19.0 Å². The largest absolute Gasteiger partial charge is 0.493 e. The SMILES string of the molecule is COc1ccc(C(CNC(=O)c2cnn(-c3ccccc3C)c2C2CC2)N2CCOCC2)cc1OC. The molecule has 0 bridgehead atoms. The zero-order valence-electron chi connectivity index (χ0n) is 21.2. The molecule has 2 aliphatic rings. The number of amides is 1. The number of carbonyl (C=O) groups excluding carboxylic acids is 1. The summed E-state index contributed by atoms with van der Waals surface area (Å²) < 4.78 is 18.5. The summed E-state index contributed by atoms with van der Waals surface area (Å²) in [5.74, 6) is 1.64. The Labute approximate surface area is 212 Å². The smallest absolute Gasteiger partial charge is 0.254 e. The fraction of sp³-hybridized carbons (Fsp3) is 0.429. The molecule has 1 amide bonds. The molecule has 36 heavy (non-hydrogen) atoms. The van der Waals surface area contributed by atoms with Crippen LogP contribution in [0, 0.1) is 6.92 Å². The molecule has 2 fully saturated rings. The molecule has 1 saturated heterocycles. The minimum absolute atomic E-state index is 0.0200. The summed E-state index contributed by atoms with van der Waals surface area (Å²) in [5, 5.41) is 7.86. The van der Waals surface area contributed by atoms with Crippen LogP contribution < -0.4 is 14.8 Å². The Morgan fingerprint density at radius 3 is 2.56 bits per heavy atom. The summed E-state index contributed by atoms with van der Waals surface area (Å²) in [7, 11) is 3.27. The van der Waals surface area contributed by atoms with Gasteiger partial charge in [0, 0.05) is 25.6 Å². The van der Waals surface area contributed by atoms with Gasteiger partial charge in [-0.05, 0) is 49.1 Å². The van der Waals surface area contributed by atoms with Gasteiger partial charge >= 0.3 is 0 Å². The van der Waals surface area contributed by atoms with Crippen molar-refractivity contribution in [3.8, 4) is 17.2 Å². The summed E-state index contributed by atoms with van der Waals surface area (Å²) in [6.07, 6.45) is 3.88. The third-order valence-electron chi connectivity index (χ3n) is 7.09. The van der Waals surface area contributed by atoms with E-state index < -0.39 is 0 Å². The molecule has 8 nitrogen and oxygen atoms in total. The number of ether oxygens (including phenoxy) is 3. The number of aromatic nitrogens is 2. The Morgan fingerprint density at radius 2 is 1.86 bits per heavy atom. The van der Waals surface area contributed by atoms with Crippen LogP contribution in [0.1, 0.15) is 52.0 Å². The number of benzene rings is 2. The predicted octanol–water partition coefficient (Wildman–Crippen LogP) is 3.88. The first-order chi connectivity index (χ1) is 17.6. The average Bonchev–Trinajstić information content (AvgIpc) is 3.67. The Kier molecular flexibility index (Phi) is 7.25. The number of nitrogens with zero attached hydrogens (tertiary/aromatic N) is 3. The highest BCUT2D eigenvalue weighted by molar-refractivity contribution is 5.95. The lowest BCUT2D eigenvalue weighted by Gasteiger charge is -2.35. The van der Waals surface area contributed by atoms with E-state index in [-0.39, 0.29) is 11.9 Å². The van der Waals surface area contributed by atoms with Gasteiger partial charge in [0.05, 0.1) is 56.6 Å². The topological polar surface area (TPSA) is 77.9 Å². The van der Waals surface area contributed by atoms with Crippen molar-refractivity contribution >= 4 is 5.91 Å². The van der Waals surface area contributed by atoms with Crippen LogP contribution in [-0.4, -0.2) is 67.7 Å². The van der Waals surface area contributed by atoms with E-state index in [1.54, 1.807) is 20.4 Å². The second-order valence-corrected chi connectivity index (χ2v) is 9.40. The minimum atomic E-state index is -0.0875. The molecule has 1 aliphatic heterocycles. The zero-order valence-corrected chi connectivity index (χ0v) is 21.2. The average molecular weight is 491 g/mol. The van der Waals surface area contributed by atoms with Crippen molar-refractivity contribution in [2.75, 3.05) is 47.1 Å². The number of rotatable bonds is 9. The Bertz CT molecular complexity index is 1210. The summed E-state index contributed by atoms with van der Waals surface area (Å²) in [6, 6.07) is 14.1. The first-order valence-electron chi connectivity index (χ1n) is 12.6. The van der Waals surface area contributed by atoms with E-state index in [1.165, 1.54) is 0 Å². The van der Waals surface area contributed by atoms with Crippen LogP contribution in [0.5, 0.6) is 11.5 Å². The van der Waals surface area contributed by atoms with Gasteiger partial charge in [-0.25, -0.2) is 4.68 Å². The van der Waals surface area contributed by atoms with Crippen LogP contribution in [0.3, 0.4) is 0 Å². The second kappa shape index (κ2) is 10.7. The summed E-state index contributed by atoms with van der Waals surface area (Å²) >= 11 is 0. The van der Waals surface area contributed by atoms with Gasteiger partial charge in [0.2, 0.25) is 0 Å². The first kappa shape index (κ1) is 24.3. The van der Waals surface area contributed by atoms with E-state index in [2.05, 4.69) is 34.4 Å². The second-order valence-electron chi connectivity index (χ2n) is 9.40. The van der Waals surface area contributed by atoms with Crippen LogP contribution >= 0.6 is 0 Å². The highest BCUT2D eigenvalue weighted by atomic mass is 16.5. The molecule has 2 aromatic carbocycles. The number of methoxy groups -OCH3 is 2. The lowest BCUT2D eigenvalue weighted by atomic mass is 10.0. The van der Waals surface area contributed by atoms with Crippen LogP contribution in [-0.2, 0) is 4.74 Å². The van der Waals surface area contributed by atoms with Crippen LogP contribution in [0.2, 0.25) is 0 Å². The molecule has 1 saturated carbocycles. The predicted molar refractivity (Wildman–Crippen MR) is 137 cm³/mol. The fourth-order valence-electron chi connectivity index (χ4n) is 4.97. The number of nitrogens with one attached hydrogen (secondary N) is 1. The van der Waals surface area contributed by atoms with Crippen molar-refractivity contribution in [3.05, 3.63) is 71.0 Å². The zero-order chi connectivity index (χ0) is 25.1. The highest BCUT2D eigenvalue weighted by Crippen LogP contribution is 2.42. The molecule has 1 aliphatic carbocycles. The van der Waals surface area contributed by atoms with Crippen LogP contribution in [0.4, 0.5) is 0 Å². The molecular weight excluding hydrogens is 456 g/mol. The van der Waals surface area contributed by atoms with Gasteiger partial charge in [-0.3, -0.25) is 9.69 Å². The van der Waals surface area contributed by atoms with E-state index in [4.69, 9.17) is 14.2 Å². The molecule has 0 radical (unpaired) electrons. The molecule has 190 valence electrons. The molecule has 8 heteroatoms. The van der Waals surface area contributed by atoms with Crippen molar-refractivity contribution in [1.82, 2.24) is 20.0 Å². The van der Waals surface area contributed by atoms with Gasteiger partial charge < -0.3 is 19.5 Å². The number of carbonyl (C=O) groups is 1. The Balaban J connectivity index is 1.40. The molecule has 1 unspecified atom stereocenters. The normalized spacial score (nSPS) is 17.0. The lowest BCUT2D eigenvalue weighted by molar-refractivity contribution is 0.0162. The van der Waals surface area contributed by atoms with Gasteiger partial charge in [-0.1, -0.05) is 24.3 Å². The third kappa shape index (κ3) is 4.96. The summed E-state index contributed by atoms with van der Waals surface area (Å²) in [5.41, 5.74) is 4.89. The number of para-hydroxylation sites is 1. The van der Waals surface area contributed by atoms with Gasteiger partial charge in [0.15, 0.2) is 11.5 Å². The van der Waals surface area contributed by atoms with Crippen molar-refractivity contribution in [3.63, 3.8) is 0 Å². The van der Waals surface area contributed by atoms with Crippen LogP contribution in [0.15, 0.2) is 48.7 Å². The van der Waals surface area contributed by atoms with Crippen molar-refractivity contribution in [2.24, 2.45) is 0 Å². The number of hydrogen-bond acceptors (Lipinski definition) is 6. The number of hydrogen-bond donors (Lipinski definition) is 1. The lowest BCUT2D eigenvalue weighted by Crippen LogP contribution is -2.43. The molecule has 1 atom stereocenters. The minimum Gasteiger partial charge on any atom is -0.493 e. The van der Waals surface area contributed by atoms with E-state index in [0.717, 1.165) is 48.4 Å². The van der Waals surface area contributed by atoms with E-state index >= 15 is 0 Å². The maximum atomic E-state index is 13.5. The quantitative estimate of drug-likeness (QED) is 0.491. The molecule has 1 aromatic heterocycles. The number of aryl methyl sites for hydroxylation is 1. The highest BCUT2D eigenvalue weighted by Gasteiger charge is 2.33. The van der Waals surface area contributed by atoms with Gasteiger partial charge in [0.25, 0.3) is 5.91 Å². The van der Waals surface area contributed by atoms with E-state index in [0.29, 0.717) is 42.7 Å². The molecule has 1 N–H and O–H groups in total. The van der Waals surface area contributed by atoms with Crippen molar-refractivity contribution in [1.29, 1.82) is 0 Å². The standard InChI is InChI=1S/C28H34N4O4/c1-19-6-4-5-7-23(19)32-27(20-8-9-20)22(17-30-32)28(33)29-18-24(31-12-14-36-15-13-31)21-10-11-25(34-2)26(16-21)35-3/h4-7,10-11,16-17,20,24H,8-9,12-15,18H2,1-3H3,(H,29,33). The maximum absolute atomic E-state index is 13.5. The van der Waals surface area contributed by atoms with Gasteiger partial charge in [-0.2, -0.15) is 5.10 Å². The fourth-order valence-corrected chi connectivity index (χ4v) is 4.97. The molecule has 2 heterocycles. The number of morpholine rings is 1. The molecule has 3 aromatic rings. The summed E-state index contributed by atoms with van der Waals surface area (Å²) in [4.78, 5) is 15.9. The first-order valence-corrected chi connectivity index (χ1v) is 12.6. The molecule has 5 rings (SSSR count). The van der Waals surface area contributed by atoms with Gasteiger partial charge in [-0.15, -0.1) is 0 Å². The summed E-state index contributed by atoms with van der Waals surface area (Å²) in [6.45, 7) is 5.48. The molecular formula is C28H34N4O4. The van der Waals surface area contributed by atoms with E-state index in [1.807, 2.05) is 35.0 Å². The Morgan fingerprint density at radius 1 is 1.11 bits per heavy atom. The van der Waals surface area contributed by atoms with Crippen LogP contribution in [0.25, 0.3) is 5.69 Å². The van der Waals surface area contributed by atoms with E-state index in [9.17, 15) is 4.79 Å². The monoisotopic (exact) mass is 490 g/mol. The third-order valence-corrected chi connectivity index (χ3v) is 7.09. The maximum Gasteiger partial charge on any atom is 0.254 e. The van der Waals surface area contributed by atoms with Gasteiger partial charge in [0.1, 0.15) is 0 Å². The van der Waals surface area contributed by atoms with Crippen molar-refractivity contribution in [2.45, 2.75) is 31.7 Å². The molecule has 0 spiro atoms. The Hall–Kier alpha value is -3.36.